The Morgan fingerprint density at radius 2 is 0.656 bits per heavy atom. The van der Waals surface area contributed by atoms with E-state index in [0.717, 1.165) is 43.1 Å². The van der Waals surface area contributed by atoms with Crippen molar-refractivity contribution in [3.63, 3.8) is 0 Å². The van der Waals surface area contributed by atoms with Gasteiger partial charge >= 0.3 is 37.7 Å². The Kier molecular flexibility index (Phi) is 13.6. The van der Waals surface area contributed by atoms with E-state index in [4.69, 9.17) is 4.74 Å². The monoisotopic (exact) mass is 798 g/mol. The summed E-state index contributed by atoms with van der Waals surface area (Å²) in [5.74, 6) is 0.0483. The first-order valence-corrected chi connectivity index (χ1v) is 20.1. The van der Waals surface area contributed by atoms with Gasteiger partial charge in [0.2, 0.25) is 0 Å². The maximum Gasteiger partial charge on any atom is 1.00 e. The number of ether oxygens (including phenoxy) is 1. The van der Waals surface area contributed by atoms with Crippen LogP contribution in [0.1, 0.15) is 49.9 Å². The molecule has 0 radical (unpaired) electrons. The molecule has 61 heavy (non-hydrogen) atoms. The van der Waals surface area contributed by atoms with E-state index in [9.17, 15) is 30.6 Å². The third-order valence-corrected chi connectivity index (χ3v) is 11.2. The predicted octanol–water partition coefficient (Wildman–Crippen LogP) is 3.63. The van der Waals surface area contributed by atoms with E-state index in [2.05, 4.69) is 0 Å². The van der Waals surface area contributed by atoms with Crippen LogP contribution in [0.5, 0.6) is 23.0 Å². The molecule has 4 N–H and O–H groups in total. The Morgan fingerprint density at radius 3 is 0.934 bits per heavy atom. The second-order valence-electron chi connectivity index (χ2n) is 16.9. The zero-order valence-corrected chi connectivity index (χ0v) is 35.8. The summed E-state index contributed by atoms with van der Waals surface area (Å²) in [6.45, 7) is 6.92. The second kappa shape index (κ2) is 18.2. The summed E-state index contributed by atoms with van der Waals surface area (Å²) in [7, 11) is 0. The summed E-state index contributed by atoms with van der Waals surface area (Å²) in [5.41, 5.74) is 1.70. The number of hydrogen-bond donors (Lipinski definition) is 4. The van der Waals surface area contributed by atoms with Crippen molar-refractivity contribution in [2.24, 2.45) is 0 Å². The largest absolute Gasteiger partial charge is 1.00 e. The number of phenols is 4. The molecule has 0 spiro atoms. The first-order chi connectivity index (χ1) is 28.2. The van der Waals surface area contributed by atoms with Crippen LogP contribution in [0.4, 0.5) is 0 Å². The van der Waals surface area contributed by atoms with Gasteiger partial charge in [0.25, 0.3) is 0 Å². The van der Waals surface area contributed by atoms with Crippen LogP contribution in [0.3, 0.4) is 0 Å². The summed E-state index contributed by atoms with van der Waals surface area (Å²) < 4.78 is 6.21. The van der Waals surface area contributed by atoms with E-state index in [1.807, 2.05) is 121 Å². The molecule has 300 valence electrons. The maximum atomic E-state index is 12.9. The normalized spacial score (nSPS) is 11.9. The van der Waals surface area contributed by atoms with E-state index in [-0.39, 0.29) is 86.8 Å². The summed E-state index contributed by atoms with van der Waals surface area (Å²) in [5, 5.41) is 80.0. The third kappa shape index (κ3) is 9.31. The summed E-state index contributed by atoms with van der Waals surface area (Å²) in [4.78, 5) is 0. The molecule has 0 saturated carbocycles. The molecule has 0 aromatic heterocycles. The molecule has 0 atom stereocenters. The van der Waals surface area contributed by atoms with Crippen molar-refractivity contribution in [1.82, 2.24) is 0 Å². The van der Waals surface area contributed by atoms with Gasteiger partial charge in [0, 0.05) is 22.3 Å². The van der Waals surface area contributed by atoms with E-state index < -0.39 is 11.2 Å². The molecule has 0 aliphatic rings. The van der Waals surface area contributed by atoms with Crippen molar-refractivity contribution in [2.75, 3.05) is 13.2 Å². The van der Waals surface area contributed by atoms with Crippen LogP contribution in [0.25, 0.3) is 65.3 Å². The van der Waals surface area contributed by atoms with E-state index in [1.54, 1.807) is 27.7 Å². The van der Waals surface area contributed by atoms with Gasteiger partial charge < -0.3 is 35.4 Å². The Bertz CT molecular complexity index is 2700. The van der Waals surface area contributed by atoms with Crippen LogP contribution in [0.15, 0.2) is 121 Å². The fraction of sp³-hybridized carbons (Fsp3) is 0.231. The van der Waals surface area contributed by atoms with Crippen molar-refractivity contribution in [3.8, 4) is 45.3 Å². The average Bonchev–Trinajstić information content (AvgIpc) is 3.19. The van der Waals surface area contributed by atoms with E-state index in [0.29, 0.717) is 57.3 Å². The number of aromatic hydroxyl groups is 4. The van der Waals surface area contributed by atoms with Gasteiger partial charge in [0.15, 0.2) is 0 Å². The zero-order chi connectivity index (χ0) is 41.6. The Morgan fingerprint density at radius 1 is 0.410 bits per heavy atom. The van der Waals surface area contributed by atoms with Gasteiger partial charge in [0.1, 0.15) is 23.0 Å². The van der Waals surface area contributed by atoms with Crippen LogP contribution in [0.2, 0.25) is 0 Å². The van der Waals surface area contributed by atoms with Crippen molar-refractivity contribution in [1.29, 1.82) is 0 Å². The molecule has 8 aromatic rings. The molecule has 0 aliphatic heterocycles. The number of rotatable bonds is 12. The topological polar surface area (TPSA) is 136 Å². The van der Waals surface area contributed by atoms with E-state index >= 15 is 0 Å². The van der Waals surface area contributed by atoms with Gasteiger partial charge in [-0.2, -0.15) is 0 Å². The molecular formula is C52H48Li2O7. The van der Waals surface area contributed by atoms with Gasteiger partial charge in [-0.3, -0.25) is 0 Å². The van der Waals surface area contributed by atoms with Crippen LogP contribution in [-0.2, 0) is 30.4 Å². The van der Waals surface area contributed by atoms with Gasteiger partial charge in [-0.05, 0) is 115 Å². The molecule has 0 heterocycles. The maximum absolute atomic E-state index is 12.9. The number of phenolic OH excluding ortho intramolecular Hbond substituents is 4. The fourth-order valence-electron chi connectivity index (χ4n) is 8.63. The standard InChI is InChI=1S/C52H48O7.2Li/c1-51(2,57)29-37-27-33-15-7-11-19-41(33)45(49(37)55)43-39-17-9-5-13-31(39)25-35(47(43)53)21-23-59-24-22-36-26-32-14-6-10-18-40(32)44(48(36)54)46-42-20-12-8-16-34(42)28-38(50(46)56)30-52(3,4)58;;/h5-20,25-28,53-56H,21-24,29-30H2,1-4H3;;/q-2;2*+1. The van der Waals surface area contributed by atoms with Gasteiger partial charge in [0.05, 0.1) is 13.2 Å². The van der Waals surface area contributed by atoms with Crippen molar-refractivity contribution < 1.29 is 73.1 Å². The molecule has 0 saturated heterocycles. The first kappa shape index (κ1) is 45.6. The van der Waals surface area contributed by atoms with Crippen LogP contribution >= 0.6 is 0 Å². The van der Waals surface area contributed by atoms with Crippen LogP contribution < -0.4 is 47.9 Å². The molecule has 0 aliphatic carbocycles. The van der Waals surface area contributed by atoms with Crippen molar-refractivity contribution in [3.05, 3.63) is 144 Å². The van der Waals surface area contributed by atoms with Gasteiger partial charge in [-0.1, -0.05) is 125 Å². The Hall–Kier alpha value is -4.93. The minimum atomic E-state index is -1.32. The summed E-state index contributed by atoms with van der Waals surface area (Å²) >= 11 is 0. The molecular weight excluding hydrogens is 750 g/mol. The van der Waals surface area contributed by atoms with Crippen molar-refractivity contribution >= 4 is 43.1 Å². The number of hydrogen-bond acceptors (Lipinski definition) is 7. The second-order valence-corrected chi connectivity index (χ2v) is 16.9. The molecule has 0 unspecified atom stereocenters. The van der Waals surface area contributed by atoms with E-state index in [1.165, 1.54) is 0 Å². The molecule has 8 aromatic carbocycles. The minimum Gasteiger partial charge on any atom is -0.850 e. The molecule has 9 heteroatoms. The third-order valence-electron chi connectivity index (χ3n) is 11.2. The average molecular weight is 799 g/mol. The minimum absolute atomic E-state index is 0. The summed E-state index contributed by atoms with van der Waals surface area (Å²) in [6.07, 6.45) is 0.961. The first-order valence-electron chi connectivity index (χ1n) is 20.1. The van der Waals surface area contributed by atoms with Crippen LogP contribution in [-0.4, -0.2) is 44.8 Å². The molecule has 0 fully saturated rings. The van der Waals surface area contributed by atoms with Crippen LogP contribution in [0, 0.1) is 0 Å². The Labute approximate surface area is 380 Å². The summed E-state index contributed by atoms with van der Waals surface area (Å²) in [6, 6.07) is 38.5. The van der Waals surface area contributed by atoms with Crippen molar-refractivity contribution in [2.45, 2.75) is 64.6 Å². The predicted molar refractivity (Wildman–Crippen MR) is 234 cm³/mol. The molecule has 0 amide bonds. The zero-order valence-electron chi connectivity index (χ0n) is 35.8. The molecule has 8 rings (SSSR count). The van der Waals surface area contributed by atoms with Gasteiger partial charge in [-0.15, -0.1) is 11.2 Å². The van der Waals surface area contributed by atoms with Gasteiger partial charge in [-0.25, -0.2) is 0 Å². The number of fused-ring (bicyclic) bond motifs is 4. The smallest absolute Gasteiger partial charge is 0.850 e. The fourth-order valence-corrected chi connectivity index (χ4v) is 8.63. The SMILES string of the molecule is CC(C)([O-])Cc1cc2ccccc2c(-c2c(O)c(CCOCCc3cc4ccccc4c(-c4c(O)c(CC(C)(C)[O-])cc5ccccc45)c3O)cc3ccccc23)c1O.[Li+].[Li+]. The number of benzene rings is 8. The molecule has 7 nitrogen and oxygen atoms in total. The molecule has 0 bridgehead atoms. The quantitative estimate of drug-likeness (QED) is 0.110. The Balaban J connectivity index is 0.00000311.